The van der Waals surface area contributed by atoms with E-state index in [1.165, 1.54) is 86.5 Å². The molecule has 8 aromatic rings. The smallest absolute Gasteiger partial charge is 0.395 e. The summed E-state index contributed by atoms with van der Waals surface area (Å²) >= 11 is 9.32. The molecule has 12 aliphatic rings. The van der Waals surface area contributed by atoms with Gasteiger partial charge in [0.15, 0.2) is 5.76 Å². The monoisotopic (exact) mass is 1980 g/mol. The van der Waals surface area contributed by atoms with E-state index < -0.39 is 40.7 Å². The first-order valence-electron chi connectivity index (χ1n) is 50.8. The average Bonchev–Trinajstić information content (AvgIpc) is 1.64. The number of furan rings is 1. The molecule has 12 aliphatic heterocycles. The van der Waals surface area contributed by atoms with Crippen LogP contribution in [0.25, 0.3) is 20.2 Å². The van der Waals surface area contributed by atoms with E-state index in [2.05, 4.69) is 46.6 Å². The number of thiophene rings is 2. The minimum absolute atomic E-state index is 0.0100. The summed E-state index contributed by atoms with van der Waals surface area (Å²) in [4.78, 5) is 197. The minimum atomic E-state index is -1.15. The topological polar surface area (TPSA) is 372 Å². The number of nitrogens with one attached hydrogen (secondary N) is 6. The van der Waals surface area contributed by atoms with Crippen molar-refractivity contribution in [3.63, 3.8) is 0 Å². The summed E-state index contributed by atoms with van der Waals surface area (Å²) in [6.45, 7) is 14.6. The number of benzene rings is 5. The molecular formula is C104H128ClN19O15S2. The molecule has 0 spiro atoms. The largest absolute Gasteiger partial charge is 0.433 e. The maximum absolute atomic E-state index is 14.1. The Balaban J connectivity index is 0.000000140. The van der Waals surface area contributed by atoms with Gasteiger partial charge in [-0.1, -0.05) is 122 Å². The molecule has 748 valence electrons. The van der Waals surface area contributed by atoms with Crippen LogP contribution in [0.15, 0.2) is 144 Å². The lowest BCUT2D eigenvalue weighted by molar-refractivity contribution is -0.402. The summed E-state index contributed by atoms with van der Waals surface area (Å²) in [6, 6.07) is 40.8. The summed E-state index contributed by atoms with van der Waals surface area (Å²) in [5.41, 5.74) is 5.71. The van der Waals surface area contributed by atoms with Crippen molar-refractivity contribution in [2.75, 3.05) is 134 Å². The summed E-state index contributed by atoms with van der Waals surface area (Å²) in [6.07, 6.45) is 19.8. The van der Waals surface area contributed by atoms with Crippen LogP contribution in [0.1, 0.15) is 201 Å². The maximum atomic E-state index is 14.1. The van der Waals surface area contributed by atoms with Gasteiger partial charge in [0.25, 0.3) is 17.7 Å². The van der Waals surface area contributed by atoms with Gasteiger partial charge >= 0.3 is 24.0 Å². The molecule has 0 bridgehead atoms. The number of hydrogen-bond acceptors (Lipinski definition) is 20. The molecule has 141 heavy (non-hydrogen) atoms. The number of anilines is 3. The SMILES string of the molecule is O=C(N[C@@H](CC(=O)N1CCC(N2Cc3ccccc3NC2=O)CC1)C(=O)N1CCC(N2CCCCC2)CC1)c1cc2ccccc2s1.O=C(N[C@@H](CC(=O)N1CCC(N2Cc3ccccc3NC2=O)CC1)C(=O)N1CCC(N2CCCCC2)CC1)c1ccc([N+](=O)[O-])o1.O=C(N[C@@H](CC(=O)N1CCC(N2Cc3ccccc3NC2=O)CC1)C(=O)N1CCC(N2CCCCC2)CC1)c1sc2ccccc2c1Cl. The van der Waals surface area contributed by atoms with Crippen molar-refractivity contribution < 1.29 is 66.9 Å². The molecule has 9 fully saturated rings. The zero-order chi connectivity index (χ0) is 97.7. The lowest BCUT2D eigenvalue weighted by Gasteiger charge is -2.41. The zero-order valence-electron chi connectivity index (χ0n) is 79.9. The molecule has 20 rings (SSSR count). The molecule has 0 radical (unpaired) electrons. The van der Waals surface area contributed by atoms with Gasteiger partial charge in [0.05, 0.1) is 35.2 Å². The standard InChI is InChI=1S/C36H43ClN6O4S.C36H44N6O4S.C32H41N7O7/c37-32-27-9-3-5-11-30(27)48-33(32)34(45)38-29(35(46)42-20-12-25(13-21-42)40-16-6-1-7-17-40)22-31(44)41-18-14-26(15-19-41)43-23-24-8-2-4-10-28(24)39-36(43)47;43-33(40-18-14-28(15-19-40)42-24-26-9-2-4-10-29(26)38-36(42)46)23-30(37-34(44)32-22-25-8-3-5-11-31(25)47-32)35(45)41-20-12-27(13-21-41)39-16-6-1-7-17-39;40-28(36-16-12-24(13-17-36)38-21-22-6-2-3-7-25(22)34-32(38)43)20-26(33-30(41)27-8-9-29(46-27)39(44)45)31(42)37-18-10-23(11-19-37)35-14-4-1-5-15-35/h2-5,8-11,25-26,29H,1,6-7,12-23H2,(H,38,45)(H,39,47);2-5,8-11,22,27-28,30H,1,6-7,12-21,23-24H2,(H,37,44)(H,38,46);2-3,6-9,23-24,26H,1,4-5,10-21H2,(H,33,41)(H,34,43)/t29-;30-;26-/m000/s1. The van der Waals surface area contributed by atoms with Crippen LogP contribution in [-0.4, -0.2) is 307 Å². The lowest BCUT2D eigenvalue weighted by Crippen LogP contribution is -2.55. The normalized spacial score (nSPS) is 20.5. The molecule has 9 saturated heterocycles. The first-order valence-corrected chi connectivity index (χ1v) is 52.8. The number of nitro groups is 1. The molecule has 37 heteroatoms. The van der Waals surface area contributed by atoms with Gasteiger partial charge in [0.1, 0.15) is 27.9 Å². The van der Waals surface area contributed by atoms with Crippen LogP contribution in [0.3, 0.4) is 0 Å². The predicted octanol–water partition coefficient (Wildman–Crippen LogP) is 13.7. The number of rotatable bonds is 22. The van der Waals surface area contributed by atoms with Crippen LogP contribution in [0, 0.1) is 10.1 Å². The van der Waals surface area contributed by atoms with Crippen molar-refractivity contribution in [2.24, 2.45) is 0 Å². The number of hydrogen-bond donors (Lipinski definition) is 6. The molecule has 0 saturated carbocycles. The van der Waals surface area contributed by atoms with E-state index in [1.807, 2.05) is 152 Å². The highest BCUT2D eigenvalue weighted by Crippen LogP contribution is 2.39. The molecule has 0 unspecified atom stereocenters. The number of amides is 15. The van der Waals surface area contributed by atoms with Gasteiger partial charge in [-0.2, -0.15) is 0 Å². The quantitative estimate of drug-likeness (QED) is 0.0271. The Morgan fingerprint density at radius 2 is 0.702 bits per heavy atom. The third-order valence-corrected chi connectivity index (χ3v) is 33.5. The predicted molar refractivity (Wildman–Crippen MR) is 539 cm³/mol. The van der Waals surface area contributed by atoms with E-state index in [0.29, 0.717) is 170 Å². The van der Waals surface area contributed by atoms with E-state index in [-0.39, 0.29) is 103 Å². The van der Waals surface area contributed by atoms with Gasteiger partial charge in [-0.05, 0) is 219 Å². The second kappa shape index (κ2) is 45.9. The van der Waals surface area contributed by atoms with Crippen molar-refractivity contribution in [2.45, 2.75) is 228 Å². The number of piperidine rings is 9. The third kappa shape index (κ3) is 23.8. The molecule has 3 atom stereocenters. The Morgan fingerprint density at radius 3 is 1.06 bits per heavy atom. The van der Waals surface area contributed by atoms with E-state index in [1.54, 1.807) is 19.6 Å². The Morgan fingerprint density at radius 1 is 0.376 bits per heavy atom. The fourth-order valence-electron chi connectivity index (χ4n) is 22.7. The number of para-hydroxylation sites is 3. The number of urea groups is 3. The molecule has 15 amide bonds. The third-order valence-electron chi connectivity index (χ3n) is 30.7. The lowest BCUT2D eigenvalue weighted by atomic mass is 9.98. The van der Waals surface area contributed by atoms with Crippen molar-refractivity contribution in [3.05, 3.63) is 187 Å². The molecule has 15 heterocycles. The second-order valence-electron chi connectivity index (χ2n) is 39.4. The van der Waals surface area contributed by atoms with Gasteiger partial charge in [-0.25, -0.2) is 14.4 Å². The average molecular weight is 1980 g/mol. The first kappa shape index (κ1) is 99.1. The van der Waals surface area contributed by atoms with Crippen LogP contribution >= 0.6 is 34.3 Å². The van der Waals surface area contributed by atoms with Gasteiger partial charge < -0.3 is 95.1 Å². The van der Waals surface area contributed by atoms with E-state index in [0.717, 1.165) is 138 Å². The first-order chi connectivity index (χ1) is 68.5. The maximum Gasteiger partial charge on any atom is 0.433 e. The highest BCUT2D eigenvalue weighted by Gasteiger charge is 2.44. The van der Waals surface area contributed by atoms with Crippen molar-refractivity contribution >= 4 is 149 Å². The van der Waals surface area contributed by atoms with E-state index in [4.69, 9.17) is 16.0 Å². The van der Waals surface area contributed by atoms with E-state index in [9.17, 15) is 67.6 Å². The van der Waals surface area contributed by atoms with Crippen molar-refractivity contribution in [3.8, 4) is 0 Å². The fraction of sp³-hybridized carbons (Fsp3) is 0.519. The minimum Gasteiger partial charge on any atom is -0.395 e. The number of fused-ring (bicyclic) bond motifs is 5. The van der Waals surface area contributed by atoms with Crippen molar-refractivity contribution in [1.29, 1.82) is 0 Å². The van der Waals surface area contributed by atoms with Crippen LogP contribution in [-0.2, 0) is 48.4 Å². The van der Waals surface area contributed by atoms with Crippen molar-refractivity contribution in [1.82, 2.24) is 74.7 Å². The zero-order valence-corrected chi connectivity index (χ0v) is 82.3. The Hall–Kier alpha value is -12.1. The summed E-state index contributed by atoms with van der Waals surface area (Å²) < 4.78 is 6.96. The van der Waals surface area contributed by atoms with E-state index >= 15 is 0 Å². The molecule has 5 aromatic carbocycles. The molecular weight excluding hydrogens is 1850 g/mol. The molecule has 0 aliphatic carbocycles. The van der Waals surface area contributed by atoms with Crippen LogP contribution in [0.4, 0.5) is 37.3 Å². The van der Waals surface area contributed by atoms with Crippen LogP contribution in [0.5, 0.6) is 0 Å². The number of likely N-dealkylation sites (tertiary alicyclic amines) is 9. The molecule has 3 aromatic heterocycles. The highest BCUT2D eigenvalue weighted by atomic mass is 35.5. The Labute approximate surface area is 833 Å². The summed E-state index contributed by atoms with van der Waals surface area (Å²) in [7, 11) is 0. The fourth-order valence-corrected chi connectivity index (χ4v) is 25.1. The molecule has 34 nitrogen and oxygen atoms in total. The highest BCUT2D eigenvalue weighted by molar-refractivity contribution is 7.21. The van der Waals surface area contributed by atoms with Gasteiger partial charge in [0.2, 0.25) is 35.4 Å². The Kier molecular flexibility index (Phi) is 32.2. The van der Waals surface area contributed by atoms with Gasteiger partial charge in [0, 0.05) is 166 Å². The van der Waals surface area contributed by atoms with Gasteiger partial charge in [-0.15, -0.1) is 22.7 Å². The summed E-state index contributed by atoms with van der Waals surface area (Å²) in [5.74, 6) is -3.79. The van der Waals surface area contributed by atoms with Gasteiger partial charge in [-0.3, -0.25) is 53.3 Å². The van der Waals surface area contributed by atoms with Crippen LogP contribution in [0.2, 0.25) is 5.02 Å². The second-order valence-corrected chi connectivity index (χ2v) is 41.9. The molecule has 6 N–H and O–H groups in total. The number of carbonyl (C=O) groups is 12. The number of carbonyl (C=O) groups excluding carboxylic acids is 12. The number of nitrogens with zero attached hydrogens (tertiary/aromatic N) is 13. The number of halogens is 1. The Bertz CT molecular complexity index is 5840. The van der Waals surface area contributed by atoms with Crippen LogP contribution < -0.4 is 31.9 Å². The summed E-state index contributed by atoms with van der Waals surface area (Å²) in [5, 5.41) is 30.7.